The van der Waals surface area contributed by atoms with Crippen LogP contribution in [0.25, 0.3) is 20.7 Å². The summed E-state index contributed by atoms with van der Waals surface area (Å²) in [4.78, 5) is 33.4. The number of hydrogen-bond donors (Lipinski definition) is 1. The van der Waals surface area contributed by atoms with Crippen LogP contribution in [-0.2, 0) is 22.6 Å². The molecule has 28 heavy (non-hydrogen) atoms. The second kappa shape index (κ2) is 8.14. The number of likely N-dealkylation sites (tertiary alicyclic amines) is 1. The number of rotatable bonds is 5. The number of nitrogens with zero attached hydrogens (tertiary/aromatic N) is 2. The number of aromatic nitrogens is 2. The Balaban J connectivity index is 1.78. The Morgan fingerprint density at radius 1 is 1.36 bits per heavy atom. The van der Waals surface area contributed by atoms with Gasteiger partial charge in [-0.3, -0.25) is 14.2 Å². The number of fused-ring (bicyclic) bond motifs is 1. The van der Waals surface area contributed by atoms with Gasteiger partial charge in [0.15, 0.2) is 5.82 Å². The van der Waals surface area contributed by atoms with Gasteiger partial charge >= 0.3 is 5.97 Å². The monoisotopic (exact) mass is 418 g/mol. The van der Waals surface area contributed by atoms with Gasteiger partial charge in [-0.05, 0) is 30.2 Å². The van der Waals surface area contributed by atoms with E-state index in [-0.39, 0.29) is 12.1 Å². The second-order valence-electron chi connectivity index (χ2n) is 7.41. The molecule has 1 N–H and O–H groups in total. The molecule has 148 valence electrons. The average Bonchev–Trinajstić information content (AvgIpc) is 3.36. The SMILES string of the molecule is COC(=O)Cn1c(C[NH+]2CCC(C)CC2)nc2scc(-c3cccs3)c2c1=O. The third-order valence-corrected chi connectivity index (χ3v) is 7.24. The van der Waals surface area contributed by atoms with Gasteiger partial charge in [-0.15, -0.1) is 22.7 Å². The van der Waals surface area contributed by atoms with Crippen molar-refractivity contribution in [3.8, 4) is 10.4 Å². The standard InChI is InChI=1S/C20H23N3O3S2/c1-13-5-7-22(8-6-13)10-16-21-19-18(20(25)23(16)11-17(24)26-2)14(12-28-19)15-4-3-9-27-15/h3-4,9,12-13H,5-8,10-11H2,1-2H3/p+1. The molecule has 0 aromatic carbocycles. The first-order valence-corrected chi connectivity index (χ1v) is 11.3. The summed E-state index contributed by atoms with van der Waals surface area (Å²) in [5.74, 6) is 0.994. The first-order chi connectivity index (χ1) is 13.6. The zero-order chi connectivity index (χ0) is 19.7. The molecule has 1 aliphatic rings. The molecule has 3 aromatic heterocycles. The van der Waals surface area contributed by atoms with Crippen molar-refractivity contribution in [2.24, 2.45) is 5.92 Å². The number of methoxy groups -OCH3 is 1. The maximum absolute atomic E-state index is 13.4. The number of esters is 1. The lowest BCUT2D eigenvalue weighted by atomic mass is 9.99. The van der Waals surface area contributed by atoms with Crippen molar-refractivity contribution in [2.75, 3.05) is 20.2 Å². The number of carbonyl (C=O) groups is 1. The van der Waals surface area contributed by atoms with Gasteiger partial charge in [-0.25, -0.2) is 4.98 Å². The minimum absolute atomic E-state index is 0.100. The highest BCUT2D eigenvalue weighted by molar-refractivity contribution is 7.18. The molecular formula is C20H24N3O3S2+. The fourth-order valence-electron chi connectivity index (χ4n) is 3.74. The van der Waals surface area contributed by atoms with Crippen molar-refractivity contribution in [3.63, 3.8) is 0 Å². The zero-order valence-electron chi connectivity index (χ0n) is 16.1. The summed E-state index contributed by atoms with van der Waals surface area (Å²) in [7, 11) is 1.35. The number of carbonyl (C=O) groups excluding carboxylic acids is 1. The normalized spacial score (nSPS) is 19.8. The number of quaternary nitrogens is 1. The van der Waals surface area contributed by atoms with E-state index in [0.717, 1.165) is 34.3 Å². The Hall–Kier alpha value is -2.03. The van der Waals surface area contributed by atoms with Crippen molar-refractivity contribution in [3.05, 3.63) is 39.1 Å². The highest BCUT2D eigenvalue weighted by Gasteiger charge is 2.24. The Morgan fingerprint density at radius 2 is 2.14 bits per heavy atom. The second-order valence-corrected chi connectivity index (χ2v) is 9.22. The molecule has 4 rings (SSSR count). The molecule has 0 unspecified atom stereocenters. The molecule has 0 aliphatic carbocycles. The summed E-state index contributed by atoms with van der Waals surface area (Å²) in [5, 5.41) is 4.59. The summed E-state index contributed by atoms with van der Waals surface area (Å²) in [6, 6.07) is 3.97. The molecule has 3 aromatic rings. The summed E-state index contributed by atoms with van der Waals surface area (Å²) in [5.41, 5.74) is 0.747. The van der Waals surface area contributed by atoms with E-state index in [2.05, 4.69) is 6.92 Å². The molecule has 1 aliphatic heterocycles. The van der Waals surface area contributed by atoms with Crippen molar-refractivity contribution in [2.45, 2.75) is 32.9 Å². The molecule has 0 radical (unpaired) electrons. The van der Waals surface area contributed by atoms with Gasteiger partial charge in [-0.2, -0.15) is 0 Å². The minimum Gasteiger partial charge on any atom is -0.468 e. The van der Waals surface area contributed by atoms with Gasteiger partial charge in [0.2, 0.25) is 0 Å². The first kappa shape index (κ1) is 19.3. The van der Waals surface area contributed by atoms with E-state index in [1.165, 1.54) is 40.8 Å². The molecule has 0 spiro atoms. The van der Waals surface area contributed by atoms with Crippen LogP contribution in [0.15, 0.2) is 27.7 Å². The van der Waals surface area contributed by atoms with Gasteiger partial charge in [-0.1, -0.05) is 13.0 Å². The van der Waals surface area contributed by atoms with E-state index in [1.807, 2.05) is 22.9 Å². The first-order valence-electron chi connectivity index (χ1n) is 9.52. The summed E-state index contributed by atoms with van der Waals surface area (Å²) in [6.45, 7) is 4.97. The number of hydrogen-bond acceptors (Lipinski definition) is 6. The minimum atomic E-state index is -0.431. The topological polar surface area (TPSA) is 65.6 Å². The van der Waals surface area contributed by atoms with Crippen molar-refractivity contribution < 1.29 is 14.4 Å². The third kappa shape index (κ3) is 3.76. The molecule has 0 atom stereocenters. The fraction of sp³-hybridized carbons (Fsp3) is 0.450. The van der Waals surface area contributed by atoms with E-state index in [1.54, 1.807) is 11.3 Å². The van der Waals surface area contributed by atoms with Crippen LogP contribution in [0.1, 0.15) is 25.6 Å². The van der Waals surface area contributed by atoms with Gasteiger partial charge in [0.25, 0.3) is 5.56 Å². The Kier molecular flexibility index (Phi) is 5.61. The average molecular weight is 419 g/mol. The highest BCUT2D eigenvalue weighted by atomic mass is 32.1. The highest BCUT2D eigenvalue weighted by Crippen LogP contribution is 2.33. The van der Waals surface area contributed by atoms with Crippen LogP contribution >= 0.6 is 22.7 Å². The zero-order valence-corrected chi connectivity index (χ0v) is 17.7. The van der Waals surface area contributed by atoms with Crippen LogP contribution < -0.4 is 10.5 Å². The molecule has 4 heterocycles. The molecule has 8 heteroatoms. The van der Waals surface area contributed by atoms with E-state index >= 15 is 0 Å². The number of nitrogens with one attached hydrogen (secondary N) is 1. The summed E-state index contributed by atoms with van der Waals surface area (Å²) >= 11 is 3.09. The maximum atomic E-state index is 13.4. The van der Waals surface area contributed by atoms with Crippen molar-refractivity contribution >= 4 is 38.9 Å². The molecule has 0 amide bonds. The van der Waals surface area contributed by atoms with E-state index in [4.69, 9.17) is 9.72 Å². The maximum Gasteiger partial charge on any atom is 0.325 e. The van der Waals surface area contributed by atoms with Crippen LogP contribution in [0.2, 0.25) is 0 Å². The predicted octanol–water partition coefficient (Wildman–Crippen LogP) is 2.17. The lowest BCUT2D eigenvalue weighted by molar-refractivity contribution is -0.920. The van der Waals surface area contributed by atoms with Gasteiger partial charge < -0.3 is 9.64 Å². The smallest absolute Gasteiger partial charge is 0.325 e. The molecule has 1 fully saturated rings. The summed E-state index contributed by atoms with van der Waals surface area (Å²) in [6.07, 6.45) is 2.36. The summed E-state index contributed by atoms with van der Waals surface area (Å²) < 4.78 is 6.35. The van der Waals surface area contributed by atoms with Gasteiger partial charge in [0, 0.05) is 15.8 Å². The van der Waals surface area contributed by atoms with Crippen LogP contribution in [0.4, 0.5) is 0 Å². The fourth-order valence-corrected chi connectivity index (χ4v) is 5.51. The number of piperidine rings is 1. The van der Waals surface area contributed by atoms with Crippen LogP contribution in [0.5, 0.6) is 0 Å². The Morgan fingerprint density at radius 3 is 2.82 bits per heavy atom. The lowest BCUT2D eigenvalue weighted by Gasteiger charge is -2.27. The largest absolute Gasteiger partial charge is 0.468 e. The van der Waals surface area contributed by atoms with Crippen molar-refractivity contribution in [1.82, 2.24) is 9.55 Å². The van der Waals surface area contributed by atoms with Crippen LogP contribution in [0, 0.1) is 5.92 Å². The molecule has 0 saturated carbocycles. The molecule has 6 nitrogen and oxygen atoms in total. The van der Waals surface area contributed by atoms with Crippen LogP contribution in [0.3, 0.4) is 0 Å². The van der Waals surface area contributed by atoms with E-state index in [0.29, 0.717) is 17.8 Å². The van der Waals surface area contributed by atoms with Crippen LogP contribution in [-0.4, -0.2) is 35.7 Å². The molecular weight excluding hydrogens is 394 g/mol. The molecule has 1 saturated heterocycles. The van der Waals surface area contributed by atoms with Crippen molar-refractivity contribution in [1.29, 1.82) is 0 Å². The number of ether oxygens (including phenoxy) is 1. The van der Waals surface area contributed by atoms with Gasteiger partial charge in [0.05, 0.1) is 25.6 Å². The number of thiophene rings is 2. The molecule has 0 bridgehead atoms. The Labute approximate surface area is 171 Å². The van der Waals surface area contributed by atoms with E-state index in [9.17, 15) is 9.59 Å². The lowest BCUT2D eigenvalue weighted by Crippen LogP contribution is -3.11. The van der Waals surface area contributed by atoms with Gasteiger partial charge in [0.1, 0.15) is 17.9 Å². The third-order valence-electron chi connectivity index (χ3n) is 5.46. The Bertz CT molecular complexity index is 1030. The predicted molar refractivity (Wildman–Crippen MR) is 112 cm³/mol. The van der Waals surface area contributed by atoms with E-state index < -0.39 is 5.97 Å². The quantitative estimate of drug-likeness (QED) is 0.645.